The van der Waals surface area contributed by atoms with Gasteiger partial charge in [-0.05, 0) is 25.0 Å². The maximum absolute atomic E-state index is 5.89. The highest BCUT2D eigenvalue weighted by atomic mass is 31.2. The zero-order valence-corrected chi connectivity index (χ0v) is 14.5. The van der Waals surface area contributed by atoms with Crippen molar-refractivity contribution in [2.45, 2.75) is 52.4 Å². The highest BCUT2D eigenvalue weighted by molar-refractivity contribution is 7.54. The van der Waals surface area contributed by atoms with Gasteiger partial charge in [-0.2, -0.15) is 0 Å². The quantitative estimate of drug-likeness (QED) is 0.354. The van der Waals surface area contributed by atoms with Crippen LogP contribution in [0, 0.1) is 0 Å². The summed E-state index contributed by atoms with van der Waals surface area (Å²) in [6.07, 6.45) is 11.0. The third-order valence-corrected chi connectivity index (χ3v) is 5.21. The lowest BCUT2D eigenvalue weighted by Crippen LogP contribution is -2.01. The summed E-state index contributed by atoms with van der Waals surface area (Å²) in [7, 11) is -0.581. The Morgan fingerprint density at radius 1 is 1.10 bits per heavy atom. The molecule has 21 heavy (non-hydrogen) atoms. The fourth-order valence-corrected chi connectivity index (χ4v) is 3.86. The number of para-hydroxylation sites is 1. The van der Waals surface area contributed by atoms with Crippen molar-refractivity contribution in [1.29, 1.82) is 0 Å². The van der Waals surface area contributed by atoms with Crippen LogP contribution in [0.3, 0.4) is 0 Å². The average Bonchev–Trinajstić information content (AvgIpc) is 2.51. The van der Waals surface area contributed by atoms with E-state index < -0.39 is 8.30 Å². The van der Waals surface area contributed by atoms with Gasteiger partial charge in [0.1, 0.15) is 8.30 Å². The molecule has 0 aliphatic heterocycles. The topological polar surface area (TPSA) is 21.3 Å². The minimum atomic E-state index is -0.581. The lowest BCUT2D eigenvalue weighted by molar-refractivity contribution is 0.379. The van der Waals surface area contributed by atoms with Crippen molar-refractivity contribution < 1.29 is 4.52 Å². The van der Waals surface area contributed by atoms with E-state index in [1.807, 2.05) is 12.1 Å². The van der Waals surface area contributed by atoms with Gasteiger partial charge >= 0.3 is 0 Å². The van der Waals surface area contributed by atoms with Crippen LogP contribution in [0.25, 0.3) is 6.08 Å². The first-order valence-corrected chi connectivity index (χ1v) is 9.64. The lowest BCUT2D eigenvalue weighted by atomic mass is 10.1. The van der Waals surface area contributed by atoms with Crippen LogP contribution in [0.2, 0.25) is 0 Å². The maximum Gasteiger partial charge on any atom is 0.129 e. The van der Waals surface area contributed by atoms with Gasteiger partial charge in [0.25, 0.3) is 0 Å². The summed E-state index contributed by atoms with van der Waals surface area (Å²) in [5.74, 6) is 0. The van der Waals surface area contributed by atoms with Crippen molar-refractivity contribution in [2.24, 2.45) is 0 Å². The second kappa shape index (κ2) is 11.8. The van der Waals surface area contributed by atoms with Crippen LogP contribution in [-0.4, -0.2) is 12.8 Å². The summed E-state index contributed by atoms with van der Waals surface area (Å²) in [4.78, 5) is 0. The Morgan fingerprint density at radius 2 is 1.81 bits per heavy atom. The second-order valence-corrected chi connectivity index (χ2v) is 6.88. The highest BCUT2D eigenvalue weighted by Crippen LogP contribution is 2.39. The van der Waals surface area contributed by atoms with E-state index in [4.69, 9.17) is 4.52 Å². The van der Waals surface area contributed by atoms with Crippen molar-refractivity contribution in [3.8, 4) is 0 Å². The Balaban J connectivity index is 2.40. The first-order valence-electron chi connectivity index (χ1n) is 8.20. The third kappa shape index (κ3) is 7.64. The molecule has 0 aliphatic carbocycles. The average molecular weight is 307 g/mol. The van der Waals surface area contributed by atoms with E-state index in [-0.39, 0.29) is 0 Å². The van der Waals surface area contributed by atoms with Crippen molar-refractivity contribution in [3.05, 3.63) is 36.4 Å². The number of unbranched alkanes of at least 4 members (excludes halogenated alkanes) is 5. The Bertz CT molecular complexity index is 395. The molecule has 0 heterocycles. The fraction of sp³-hybridized carbons (Fsp3) is 0.556. The number of anilines is 1. The number of hydrogen-bond acceptors (Lipinski definition) is 2. The van der Waals surface area contributed by atoms with Gasteiger partial charge in [-0.3, -0.25) is 0 Å². The minimum absolute atomic E-state index is 0.581. The van der Waals surface area contributed by atoms with Crippen LogP contribution in [0.1, 0.15) is 57.9 Å². The Hall–Kier alpha value is -0.850. The molecule has 1 aromatic rings. The summed E-state index contributed by atoms with van der Waals surface area (Å²) in [6, 6.07) is 8.28. The van der Waals surface area contributed by atoms with Crippen molar-refractivity contribution in [1.82, 2.24) is 0 Å². The molecule has 2 nitrogen and oxygen atoms in total. The van der Waals surface area contributed by atoms with Gasteiger partial charge in [0.2, 0.25) is 0 Å². The summed E-state index contributed by atoms with van der Waals surface area (Å²) < 4.78 is 5.89. The van der Waals surface area contributed by atoms with Gasteiger partial charge in [-0.15, -0.1) is 0 Å². The molecule has 0 fully saturated rings. The summed E-state index contributed by atoms with van der Waals surface area (Å²) in [6.45, 7) is 8.97. The smallest absolute Gasteiger partial charge is 0.129 e. The summed E-state index contributed by atoms with van der Waals surface area (Å²) >= 11 is 0. The van der Waals surface area contributed by atoms with Crippen molar-refractivity contribution >= 4 is 20.1 Å². The minimum Gasteiger partial charge on any atom is -0.342 e. The number of rotatable bonds is 12. The Labute approximate surface area is 131 Å². The van der Waals surface area contributed by atoms with Gasteiger partial charge in [-0.25, -0.2) is 0 Å². The highest BCUT2D eigenvalue weighted by Gasteiger charge is 2.10. The van der Waals surface area contributed by atoms with Gasteiger partial charge in [0.15, 0.2) is 0 Å². The molecule has 0 bridgehead atoms. The van der Waals surface area contributed by atoms with Gasteiger partial charge in [0, 0.05) is 11.8 Å². The molecular weight excluding hydrogens is 277 g/mol. The van der Waals surface area contributed by atoms with Crippen molar-refractivity contribution in [2.75, 3.05) is 17.9 Å². The normalized spacial score (nSPS) is 12.1. The molecule has 0 aromatic heterocycles. The zero-order chi connectivity index (χ0) is 15.3. The second-order valence-electron chi connectivity index (χ2n) is 5.19. The van der Waals surface area contributed by atoms with E-state index in [0.717, 1.165) is 24.0 Å². The predicted octanol–water partition coefficient (Wildman–Crippen LogP) is 6.45. The monoisotopic (exact) mass is 307 g/mol. The zero-order valence-electron chi connectivity index (χ0n) is 13.6. The largest absolute Gasteiger partial charge is 0.342 e. The molecule has 1 rings (SSSR count). The number of benzene rings is 1. The fourth-order valence-electron chi connectivity index (χ4n) is 2.26. The van der Waals surface area contributed by atoms with E-state index in [1.54, 1.807) is 0 Å². The van der Waals surface area contributed by atoms with Crippen LogP contribution in [-0.2, 0) is 4.52 Å². The molecule has 1 unspecified atom stereocenters. The van der Waals surface area contributed by atoms with Crippen LogP contribution < -0.4 is 5.09 Å². The Kier molecular flexibility index (Phi) is 10.2. The molecule has 0 saturated heterocycles. The van der Waals surface area contributed by atoms with E-state index in [1.165, 1.54) is 38.5 Å². The van der Waals surface area contributed by atoms with Gasteiger partial charge in [-0.1, -0.05) is 69.9 Å². The maximum atomic E-state index is 5.89. The first kappa shape index (κ1) is 18.2. The van der Waals surface area contributed by atoms with E-state index >= 15 is 0 Å². The SMILES string of the molecule is C=Cc1ccccc1NP(CCCCCCCC)OCC. The molecular formula is C18H30NOP. The standard InChI is InChI=1S/C18H30NOP/c1-4-7-8-9-10-13-16-21(20-6-3)19-18-15-12-11-14-17(18)5-2/h5,11-12,14-15,19H,2,4,6-10,13,16H2,1,3H3. The number of hydrogen-bond donors (Lipinski definition) is 1. The molecule has 0 spiro atoms. The first-order chi connectivity index (χ1) is 10.3. The molecule has 0 radical (unpaired) electrons. The van der Waals surface area contributed by atoms with Crippen molar-refractivity contribution in [3.63, 3.8) is 0 Å². The van der Waals surface area contributed by atoms with Crippen LogP contribution in [0.15, 0.2) is 30.8 Å². The Morgan fingerprint density at radius 3 is 2.52 bits per heavy atom. The van der Waals surface area contributed by atoms with E-state index in [9.17, 15) is 0 Å². The summed E-state index contributed by atoms with van der Waals surface area (Å²) in [5, 5.41) is 3.57. The molecule has 0 aliphatic rings. The van der Waals surface area contributed by atoms with Crippen LogP contribution >= 0.6 is 8.30 Å². The molecule has 3 heteroatoms. The van der Waals surface area contributed by atoms with Gasteiger partial charge in [0.05, 0.1) is 6.61 Å². The van der Waals surface area contributed by atoms with E-state index in [0.29, 0.717) is 0 Å². The molecule has 0 amide bonds. The molecule has 0 saturated carbocycles. The predicted molar refractivity (Wildman–Crippen MR) is 96.9 cm³/mol. The molecule has 1 N–H and O–H groups in total. The molecule has 1 aromatic carbocycles. The molecule has 1 atom stereocenters. The third-order valence-electron chi connectivity index (χ3n) is 3.43. The van der Waals surface area contributed by atoms with Crippen LogP contribution in [0.4, 0.5) is 5.69 Å². The van der Waals surface area contributed by atoms with Gasteiger partial charge < -0.3 is 9.61 Å². The lowest BCUT2D eigenvalue weighted by Gasteiger charge is -2.20. The summed E-state index contributed by atoms with van der Waals surface area (Å²) in [5.41, 5.74) is 2.28. The number of nitrogens with one attached hydrogen (secondary N) is 1. The molecule has 118 valence electrons. The van der Waals surface area contributed by atoms with Crippen LogP contribution in [0.5, 0.6) is 0 Å². The van der Waals surface area contributed by atoms with E-state index in [2.05, 4.69) is 43.7 Å².